The van der Waals surface area contributed by atoms with Crippen LogP contribution in [-0.4, -0.2) is 21.4 Å². The Labute approximate surface area is 172 Å². The Balaban J connectivity index is 1.62. The smallest absolute Gasteiger partial charge is 0.262 e. The molecule has 0 saturated heterocycles. The molecular weight excluding hydrogens is 399 g/mol. The number of imidazole rings is 1. The first-order valence-corrected chi connectivity index (χ1v) is 9.40. The molecule has 1 aromatic heterocycles. The van der Waals surface area contributed by atoms with Gasteiger partial charge in [-0.25, -0.2) is 4.98 Å². The van der Waals surface area contributed by atoms with E-state index in [-0.39, 0.29) is 12.5 Å². The number of para-hydroxylation sites is 2. The van der Waals surface area contributed by atoms with E-state index < -0.39 is 5.91 Å². The number of aromatic nitrogens is 2. The van der Waals surface area contributed by atoms with Crippen LogP contribution in [0.4, 0.5) is 0 Å². The van der Waals surface area contributed by atoms with Gasteiger partial charge in [-0.1, -0.05) is 48.3 Å². The lowest BCUT2D eigenvalue weighted by Gasteiger charge is -2.09. The lowest BCUT2D eigenvalue weighted by molar-refractivity contribution is -0.127. The molecule has 8 heteroatoms. The van der Waals surface area contributed by atoms with E-state index in [1.807, 2.05) is 35.8 Å². The number of nitrogens with zero attached hydrogens (tertiary/aromatic N) is 2. The summed E-state index contributed by atoms with van der Waals surface area (Å²) in [4.78, 5) is 28.8. The molecule has 0 atom stereocenters. The molecule has 0 saturated carbocycles. The quantitative estimate of drug-likeness (QED) is 0.490. The van der Waals surface area contributed by atoms with Crippen LogP contribution in [0.2, 0.25) is 10.0 Å². The highest BCUT2D eigenvalue weighted by atomic mass is 35.5. The molecule has 2 aromatic carbocycles. The summed E-state index contributed by atoms with van der Waals surface area (Å²) in [7, 11) is 0. The predicted octanol–water partition coefficient (Wildman–Crippen LogP) is 3.77. The number of hydrogen-bond donors (Lipinski definition) is 2. The molecule has 0 unspecified atom stereocenters. The van der Waals surface area contributed by atoms with Gasteiger partial charge >= 0.3 is 0 Å². The number of rotatable bonds is 5. The standard InChI is InChI=1S/C20H18Cl2N4O2/c1-2-18-23-16-8-3-4-9-17(16)26(18)12-20(28)25-24-19(27)11-10-13-14(21)6-5-7-15(13)22/h3-11H,2,12H2,1H3,(H,24,27)(H,25,28)/b11-10+. The number of fused-ring (bicyclic) bond motifs is 1. The average molecular weight is 417 g/mol. The van der Waals surface area contributed by atoms with E-state index in [4.69, 9.17) is 23.2 Å². The number of benzene rings is 2. The zero-order chi connectivity index (χ0) is 20.1. The number of nitrogens with one attached hydrogen (secondary N) is 2. The van der Waals surface area contributed by atoms with Gasteiger partial charge in [-0.05, 0) is 30.3 Å². The van der Waals surface area contributed by atoms with Gasteiger partial charge in [0.2, 0.25) is 0 Å². The zero-order valence-corrected chi connectivity index (χ0v) is 16.6. The number of aryl methyl sites for hydroxylation is 1. The minimum Gasteiger partial charge on any atom is -0.318 e. The Hall–Kier alpha value is -2.83. The van der Waals surface area contributed by atoms with Crippen molar-refractivity contribution in [2.75, 3.05) is 0 Å². The van der Waals surface area contributed by atoms with Crippen molar-refractivity contribution in [3.63, 3.8) is 0 Å². The van der Waals surface area contributed by atoms with Crippen molar-refractivity contribution in [2.45, 2.75) is 19.9 Å². The predicted molar refractivity (Wildman–Crippen MR) is 111 cm³/mol. The summed E-state index contributed by atoms with van der Waals surface area (Å²) in [5.41, 5.74) is 6.97. The molecule has 0 aliphatic heterocycles. The average Bonchev–Trinajstić information content (AvgIpc) is 3.03. The van der Waals surface area contributed by atoms with E-state index in [0.29, 0.717) is 22.0 Å². The lowest BCUT2D eigenvalue weighted by atomic mass is 10.2. The van der Waals surface area contributed by atoms with Crippen molar-refractivity contribution in [1.29, 1.82) is 0 Å². The Morgan fingerprint density at radius 2 is 1.79 bits per heavy atom. The van der Waals surface area contributed by atoms with Gasteiger partial charge in [-0.2, -0.15) is 0 Å². The summed E-state index contributed by atoms with van der Waals surface area (Å²) in [5.74, 6) is -0.0677. The summed E-state index contributed by atoms with van der Waals surface area (Å²) in [6.07, 6.45) is 3.43. The van der Waals surface area contributed by atoms with Crippen molar-refractivity contribution in [2.24, 2.45) is 0 Å². The van der Waals surface area contributed by atoms with Gasteiger partial charge in [-0.15, -0.1) is 0 Å². The summed E-state index contributed by atoms with van der Waals surface area (Å²) >= 11 is 12.1. The molecule has 0 aliphatic carbocycles. The fraction of sp³-hybridized carbons (Fsp3) is 0.150. The first-order valence-electron chi connectivity index (χ1n) is 8.64. The molecule has 0 radical (unpaired) electrons. The number of amides is 2. The van der Waals surface area contributed by atoms with Crippen LogP contribution in [0.1, 0.15) is 18.3 Å². The Morgan fingerprint density at radius 1 is 1.07 bits per heavy atom. The highest BCUT2D eigenvalue weighted by Gasteiger charge is 2.12. The van der Waals surface area contributed by atoms with Crippen molar-refractivity contribution in [1.82, 2.24) is 20.4 Å². The number of halogens is 2. The van der Waals surface area contributed by atoms with Gasteiger partial charge in [0.05, 0.1) is 11.0 Å². The van der Waals surface area contributed by atoms with Crippen molar-refractivity contribution >= 4 is 52.1 Å². The second-order valence-electron chi connectivity index (χ2n) is 5.96. The molecule has 0 spiro atoms. The molecule has 2 N–H and O–H groups in total. The fourth-order valence-corrected chi connectivity index (χ4v) is 3.28. The molecule has 0 fully saturated rings. The third-order valence-electron chi connectivity index (χ3n) is 4.08. The van der Waals surface area contributed by atoms with Gasteiger partial charge < -0.3 is 4.57 Å². The van der Waals surface area contributed by atoms with Crippen LogP contribution in [0, 0.1) is 0 Å². The van der Waals surface area contributed by atoms with Crippen molar-refractivity contribution in [3.05, 3.63) is 70.0 Å². The molecule has 0 aliphatic rings. The van der Waals surface area contributed by atoms with Crippen molar-refractivity contribution in [3.8, 4) is 0 Å². The Bertz CT molecular complexity index is 1040. The number of carbonyl (C=O) groups is 2. The highest BCUT2D eigenvalue weighted by Crippen LogP contribution is 2.25. The third kappa shape index (κ3) is 4.52. The van der Waals surface area contributed by atoms with E-state index in [0.717, 1.165) is 16.9 Å². The van der Waals surface area contributed by atoms with Gasteiger partial charge in [-0.3, -0.25) is 20.4 Å². The number of hydrazine groups is 1. The minimum atomic E-state index is -0.504. The maximum Gasteiger partial charge on any atom is 0.262 e. The largest absolute Gasteiger partial charge is 0.318 e. The molecule has 2 amide bonds. The van der Waals surface area contributed by atoms with Crippen LogP contribution in [-0.2, 0) is 22.6 Å². The molecule has 28 heavy (non-hydrogen) atoms. The first kappa shape index (κ1) is 19.9. The molecule has 6 nitrogen and oxygen atoms in total. The SMILES string of the molecule is CCc1nc2ccccc2n1CC(=O)NNC(=O)/C=C/c1c(Cl)cccc1Cl. The monoisotopic (exact) mass is 416 g/mol. The summed E-state index contributed by atoms with van der Waals surface area (Å²) in [6, 6.07) is 12.7. The van der Waals surface area contributed by atoms with Crippen LogP contribution in [0.5, 0.6) is 0 Å². The van der Waals surface area contributed by atoms with Crippen LogP contribution < -0.4 is 10.9 Å². The first-order chi connectivity index (χ1) is 13.5. The van der Waals surface area contributed by atoms with Crippen LogP contribution in [0.15, 0.2) is 48.5 Å². The van der Waals surface area contributed by atoms with Gasteiger partial charge in [0.1, 0.15) is 12.4 Å². The third-order valence-corrected chi connectivity index (χ3v) is 4.74. The van der Waals surface area contributed by atoms with Gasteiger partial charge in [0, 0.05) is 28.1 Å². The topological polar surface area (TPSA) is 76.0 Å². The molecule has 0 bridgehead atoms. The second kappa shape index (κ2) is 8.91. The van der Waals surface area contributed by atoms with Crippen LogP contribution >= 0.6 is 23.2 Å². The van der Waals surface area contributed by atoms with Gasteiger partial charge in [0.15, 0.2) is 0 Å². The van der Waals surface area contributed by atoms with E-state index in [1.165, 1.54) is 12.2 Å². The van der Waals surface area contributed by atoms with Crippen LogP contribution in [0.3, 0.4) is 0 Å². The van der Waals surface area contributed by atoms with E-state index in [1.54, 1.807) is 18.2 Å². The van der Waals surface area contributed by atoms with E-state index in [9.17, 15) is 9.59 Å². The van der Waals surface area contributed by atoms with E-state index >= 15 is 0 Å². The fourth-order valence-electron chi connectivity index (χ4n) is 2.76. The number of carbonyl (C=O) groups excluding carboxylic acids is 2. The molecular formula is C20H18Cl2N4O2. The van der Waals surface area contributed by atoms with Crippen LogP contribution in [0.25, 0.3) is 17.1 Å². The summed E-state index contributed by atoms with van der Waals surface area (Å²) in [6.45, 7) is 2.02. The molecule has 3 rings (SSSR count). The van der Waals surface area contributed by atoms with Gasteiger partial charge in [0.25, 0.3) is 11.8 Å². The molecule has 144 valence electrons. The Kier molecular flexibility index (Phi) is 6.34. The highest BCUT2D eigenvalue weighted by molar-refractivity contribution is 6.37. The zero-order valence-electron chi connectivity index (χ0n) is 15.1. The summed E-state index contributed by atoms with van der Waals surface area (Å²) in [5, 5.41) is 0.860. The summed E-state index contributed by atoms with van der Waals surface area (Å²) < 4.78 is 1.83. The lowest BCUT2D eigenvalue weighted by Crippen LogP contribution is -2.42. The van der Waals surface area contributed by atoms with Crippen molar-refractivity contribution < 1.29 is 9.59 Å². The normalized spacial score (nSPS) is 11.1. The minimum absolute atomic E-state index is 0.0457. The maximum absolute atomic E-state index is 12.3. The molecule has 3 aromatic rings. The maximum atomic E-state index is 12.3. The Morgan fingerprint density at radius 3 is 2.50 bits per heavy atom. The molecule has 1 heterocycles. The second-order valence-corrected chi connectivity index (χ2v) is 6.78. The van der Waals surface area contributed by atoms with E-state index in [2.05, 4.69) is 15.8 Å². The number of hydrogen-bond acceptors (Lipinski definition) is 3.